The van der Waals surface area contributed by atoms with E-state index in [1.54, 1.807) is 13.2 Å². The van der Waals surface area contributed by atoms with Gasteiger partial charge < -0.3 is 9.30 Å². The lowest BCUT2D eigenvalue weighted by Gasteiger charge is -2.47. The van der Waals surface area contributed by atoms with Crippen LogP contribution in [-0.4, -0.2) is 39.4 Å². The number of hydrogen-bond donors (Lipinski definition) is 0. The maximum absolute atomic E-state index is 13.0. The molecular weight excluding hydrogens is 388 g/mol. The summed E-state index contributed by atoms with van der Waals surface area (Å²) < 4.78 is 9.42. The SMILES string of the molecule is COc1cccc(C[C@H]2[C@H]3C[C@H](CN(Cc4cn(C)nc4C)C3)c3cccc(=O)n32)c1. The molecule has 1 saturated heterocycles. The fraction of sp³-hybridized carbons (Fsp3) is 0.440. The number of benzene rings is 1. The van der Waals surface area contributed by atoms with Gasteiger partial charge in [-0.3, -0.25) is 14.4 Å². The molecule has 0 aliphatic carbocycles. The number of fused-ring (bicyclic) bond motifs is 4. The minimum absolute atomic E-state index is 0.122. The maximum atomic E-state index is 13.0. The van der Waals surface area contributed by atoms with Crippen LogP contribution in [-0.2, 0) is 20.0 Å². The number of hydrogen-bond acceptors (Lipinski definition) is 4. The van der Waals surface area contributed by atoms with E-state index in [1.807, 2.05) is 29.9 Å². The Labute approximate surface area is 183 Å². The molecule has 0 spiro atoms. The number of piperidine rings is 1. The molecule has 0 amide bonds. The second-order valence-corrected chi connectivity index (χ2v) is 9.08. The quantitative estimate of drug-likeness (QED) is 0.638. The first-order valence-corrected chi connectivity index (χ1v) is 11.1. The third-order valence-corrected chi connectivity index (χ3v) is 6.96. The minimum Gasteiger partial charge on any atom is -0.497 e. The van der Waals surface area contributed by atoms with Gasteiger partial charge in [0.25, 0.3) is 5.56 Å². The zero-order valence-corrected chi connectivity index (χ0v) is 18.5. The highest BCUT2D eigenvalue weighted by molar-refractivity contribution is 5.30. The number of nitrogens with zero attached hydrogens (tertiary/aromatic N) is 4. The molecule has 2 bridgehead atoms. The first-order valence-electron chi connectivity index (χ1n) is 11.1. The van der Waals surface area contributed by atoms with E-state index < -0.39 is 0 Å². The molecule has 2 aromatic heterocycles. The van der Waals surface area contributed by atoms with Crippen LogP contribution in [0.25, 0.3) is 0 Å². The van der Waals surface area contributed by atoms with Crippen LogP contribution in [0, 0.1) is 12.8 Å². The number of methoxy groups -OCH3 is 1. The average molecular weight is 419 g/mol. The number of aromatic nitrogens is 3. The highest BCUT2D eigenvalue weighted by atomic mass is 16.5. The third kappa shape index (κ3) is 3.81. The summed E-state index contributed by atoms with van der Waals surface area (Å²) in [7, 11) is 3.68. The monoisotopic (exact) mass is 418 g/mol. The van der Waals surface area contributed by atoms with E-state index in [1.165, 1.54) is 16.8 Å². The van der Waals surface area contributed by atoms with Crippen molar-refractivity contribution < 1.29 is 4.74 Å². The Morgan fingerprint density at radius 3 is 2.77 bits per heavy atom. The maximum Gasteiger partial charge on any atom is 0.251 e. The summed E-state index contributed by atoms with van der Waals surface area (Å²) in [5, 5.41) is 4.52. The van der Waals surface area contributed by atoms with Gasteiger partial charge in [-0.15, -0.1) is 0 Å². The molecule has 1 fully saturated rings. The summed E-state index contributed by atoms with van der Waals surface area (Å²) in [6, 6.07) is 14.2. The van der Waals surface area contributed by atoms with E-state index >= 15 is 0 Å². The molecule has 6 nitrogen and oxygen atoms in total. The lowest BCUT2D eigenvalue weighted by molar-refractivity contribution is 0.0852. The normalized spacial score (nSPS) is 22.9. The smallest absolute Gasteiger partial charge is 0.251 e. The average Bonchev–Trinajstić information content (AvgIpc) is 3.08. The summed E-state index contributed by atoms with van der Waals surface area (Å²) in [6.07, 6.45) is 4.11. The van der Waals surface area contributed by atoms with Crippen LogP contribution in [0.4, 0.5) is 0 Å². The molecule has 162 valence electrons. The van der Waals surface area contributed by atoms with Gasteiger partial charge in [0.05, 0.1) is 12.8 Å². The van der Waals surface area contributed by atoms with E-state index in [0.717, 1.165) is 43.9 Å². The van der Waals surface area contributed by atoms with Crippen LogP contribution in [0.15, 0.2) is 53.5 Å². The molecule has 2 aliphatic heterocycles. The summed E-state index contributed by atoms with van der Waals surface area (Å²) in [5.41, 5.74) is 4.91. The van der Waals surface area contributed by atoms with Gasteiger partial charge in [-0.05, 0) is 49.4 Å². The van der Waals surface area contributed by atoms with E-state index in [-0.39, 0.29) is 11.6 Å². The van der Waals surface area contributed by atoms with Crippen molar-refractivity contribution in [1.29, 1.82) is 0 Å². The molecule has 2 aliphatic rings. The largest absolute Gasteiger partial charge is 0.497 e. The van der Waals surface area contributed by atoms with E-state index in [2.05, 4.69) is 45.9 Å². The van der Waals surface area contributed by atoms with Crippen LogP contribution < -0.4 is 10.3 Å². The molecular formula is C25H30N4O2. The highest BCUT2D eigenvalue weighted by Gasteiger charge is 2.40. The van der Waals surface area contributed by atoms with Gasteiger partial charge >= 0.3 is 0 Å². The van der Waals surface area contributed by atoms with Crippen LogP contribution in [0.3, 0.4) is 0 Å². The van der Waals surface area contributed by atoms with Crippen molar-refractivity contribution in [2.24, 2.45) is 13.0 Å². The lowest BCUT2D eigenvalue weighted by Crippen LogP contribution is -2.49. The van der Waals surface area contributed by atoms with Crippen molar-refractivity contribution in [3.05, 3.63) is 81.5 Å². The lowest BCUT2D eigenvalue weighted by atomic mass is 9.76. The van der Waals surface area contributed by atoms with E-state index in [9.17, 15) is 4.79 Å². The summed E-state index contributed by atoms with van der Waals surface area (Å²) >= 11 is 0. The molecule has 5 rings (SSSR count). The number of likely N-dealkylation sites (tertiary alicyclic amines) is 1. The Kier molecular flexibility index (Phi) is 5.18. The van der Waals surface area contributed by atoms with Gasteiger partial charge in [-0.1, -0.05) is 18.2 Å². The van der Waals surface area contributed by atoms with Crippen LogP contribution >= 0.6 is 0 Å². The molecule has 3 atom stereocenters. The van der Waals surface area contributed by atoms with Crippen molar-refractivity contribution in [3.8, 4) is 5.75 Å². The zero-order valence-electron chi connectivity index (χ0n) is 18.5. The molecule has 4 heterocycles. The highest BCUT2D eigenvalue weighted by Crippen LogP contribution is 2.42. The second kappa shape index (κ2) is 8.00. The topological polar surface area (TPSA) is 52.3 Å². The van der Waals surface area contributed by atoms with Gasteiger partial charge in [-0.25, -0.2) is 0 Å². The molecule has 3 aromatic rings. The van der Waals surface area contributed by atoms with Crippen LogP contribution in [0.2, 0.25) is 0 Å². The molecule has 0 saturated carbocycles. The van der Waals surface area contributed by atoms with E-state index in [0.29, 0.717) is 11.8 Å². The summed E-state index contributed by atoms with van der Waals surface area (Å²) in [5.74, 6) is 1.70. The Balaban J connectivity index is 1.48. The molecule has 31 heavy (non-hydrogen) atoms. The molecule has 0 N–H and O–H groups in total. The predicted octanol–water partition coefficient (Wildman–Crippen LogP) is 3.30. The van der Waals surface area contributed by atoms with Crippen molar-refractivity contribution >= 4 is 0 Å². The Morgan fingerprint density at radius 1 is 1.16 bits per heavy atom. The van der Waals surface area contributed by atoms with Crippen molar-refractivity contribution in [2.45, 2.75) is 38.3 Å². The fourth-order valence-corrected chi connectivity index (χ4v) is 5.61. The molecule has 0 unspecified atom stereocenters. The fourth-order valence-electron chi connectivity index (χ4n) is 5.61. The minimum atomic E-state index is 0.122. The van der Waals surface area contributed by atoms with Crippen molar-refractivity contribution in [3.63, 3.8) is 0 Å². The number of aryl methyl sites for hydroxylation is 2. The van der Waals surface area contributed by atoms with E-state index in [4.69, 9.17) is 4.74 Å². The van der Waals surface area contributed by atoms with Gasteiger partial charge in [-0.2, -0.15) is 5.10 Å². The van der Waals surface area contributed by atoms with Crippen molar-refractivity contribution in [2.75, 3.05) is 20.2 Å². The number of pyridine rings is 1. The third-order valence-electron chi connectivity index (χ3n) is 6.96. The molecule has 1 aromatic carbocycles. The van der Waals surface area contributed by atoms with Crippen LogP contribution in [0.5, 0.6) is 5.75 Å². The zero-order chi connectivity index (χ0) is 21.5. The van der Waals surface area contributed by atoms with Crippen LogP contribution in [0.1, 0.15) is 40.9 Å². The van der Waals surface area contributed by atoms with Gasteiger partial charge in [0, 0.05) is 62.2 Å². The number of ether oxygens (including phenoxy) is 1. The first-order chi connectivity index (χ1) is 15.0. The molecule has 0 radical (unpaired) electrons. The van der Waals surface area contributed by atoms with Gasteiger partial charge in [0.15, 0.2) is 0 Å². The summed E-state index contributed by atoms with van der Waals surface area (Å²) in [6.45, 7) is 4.98. The first kappa shape index (κ1) is 20.1. The predicted molar refractivity (Wildman–Crippen MR) is 121 cm³/mol. The van der Waals surface area contributed by atoms with Gasteiger partial charge in [0.2, 0.25) is 0 Å². The molecule has 6 heteroatoms. The Hall–Kier alpha value is -2.86. The Bertz CT molecular complexity index is 1150. The van der Waals surface area contributed by atoms with Gasteiger partial charge in [0.1, 0.15) is 5.75 Å². The second-order valence-electron chi connectivity index (χ2n) is 9.08. The number of rotatable bonds is 5. The summed E-state index contributed by atoms with van der Waals surface area (Å²) in [4.78, 5) is 15.5. The Morgan fingerprint density at radius 2 is 2.00 bits per heavy atom. The van der Waals surface area contributed by atoms with Crippen molar-refractivity contribution in [1.82, 2.24) is 19.2 Å². The standard InChI is InChI=1S/C25H30N4O2/c1-17-21(13-27(2)26-17)16-28-14-19-12-20(15-28)24(29-23(19)8-5-9-25(29)30)11-18-6-4-7-22(10-18)31-3/h4-10,13,19-20,24H,11-12,14-16H2,1-3H3/t19-,20+,24+/m1/s1.